The Labute approximate surface area is 185 Å². The molecule has 0 aliphatic carbocycles. The van der Waals surface area contributed by atoms with Crippen LogP contribution >= 0.6 is 46.1 Å². The van der Waals surface area contributed by atoms with E-state index in [1.54, 1.807) is 35.2 Å². The lowest BCUT2D eigenvalue weighted by atomic mass is 10.1. The van der Waals surface area contributed by atoms with E-state index in [1.807, 2.05) is 12.1 Å². The van der Waals surface area contributed by atoms with Crippen LogP contribution in [0.15, 0.2) is 42.5 Å². The van der Waals surface area contributed by atoms with E-state index in [9.17, 15) is 9.59 Å². The molecule has 6 nitrogen and oxygen atoms in total. The van der Waals surface area contributed by atoms with Gasteiger partial charge in [-0.2, -0.15) is 0 Å². The number of aromatic nitrogens is 2. The monoisotopic (exact) mass is 466 g/mol. The van der Waals surface area contributed by atoms with Crippen LogP contribution in [0.3, 0.4) is 0 Å². The molecule has 1 aliphatic heterocycles. The van der Waals surface area contributed by atoms with Crippen LogP contribution in [0.4, 0.5) is 10.8 Å². The first-order valence-corrected chi connectivity index (χ1v) is 10.5. The van der Waals surface area contributed by atoms with Crippen molar-refractivity contribution in [2.24, 2.45) is 0 Å². The van der Waals surface area contributed by atoms with Crippen LogP contribution in [-0.4, -0.2) is 28.6 Å². The van der Waals surface area contributed by atoms with Gasteiger partial charge >= 0.3 is 0 Å². The highest BCUT2D eigenvalue weighted by Gasteiger charge is 2.34. The highest BCUT2D eigenvalue weighted by atomic mass is 35.5. The molecule has 1 N–H and O–H groups in total. The molecule has 1 saturated heterocycles. The molecule has 3 aromatic rings. The molecular weight excluding hydrogens is 455 g/mol. The molecule has 1 atom stereocenters. The van der Waals surface area contributed by atoms with Gasteiger partial charge in [0.05, 0.1) is 15.6 Å². The van der Waals surface area contributed by atoms with Crippen molar-refractivity contribution in [3.05, 3.63) is 68.1 Å². The van der Waals surface area contributed by atoms with Crippen LogP contribution in [0, 0.1) is 0 Å². The van der Waals surface area contributed by atoms with E-state index in [2.05, 4.69) is 15.5 Å². The summed E-state index contributed by atoms with van der Waals surface area (Å²) < 4.78 is 0. The summed E-state index contributed by atoms with van der Waals surface area (Å²) in [6.45, 7) is 0.486. The predicted octanol–water partition coefficient (Wildman–Crippen LogP) is 5.27. The number of carbonyl (C=O) groups excluding carboxylic acids is 2. The van der Waals surface area contributed by atoms with Gasteiger partial charge in [0.1, 0.15) is 5.01 Å². The topological polar surface area (TPSA) is 75.2 Å². The lowest BCUT2D eigenvalue weighted by Crippen LogP contribution is -2.24. The average molecular weight is 468 g/mol. The van der Waals surface area contributed by atoms with Gasteiger partial charge in [-0.3, -0.25) is 14.9 Å². The number of nitrogens with zero attached hydrogens (tertiary/aromatic N) is 3. The van der Waals surface area contributed by atoms with Gasteiger partial charge in [0.2, 0.25) is 11.0 Å². The number of carbonyl (C=O) groups is 2. The molecule has 1 unspecified atom stereocenters. The molecule has 2 amide bonds. The Morgan fingerprint density at radius 2 is 1.76 bits per heavy atom. The van der Waals surface area contributed by atoms with Crippen molar-refractivity contribution in [3.63, 3.8) is 0 Å². The van der Waals surface area contributed by atoms with E-state index in [1.165, 1.54) is 11.3 Å². The Balaban J connectivity index is 1.47. The quantitative estimate of drug-likeness (QED) is 0.567. The van der Waals surface area contributed by atoms with E-state index in [-0.39, 0.29) is 27.4 Å². The second-order valence-electron chi connectivity index (χ2n) is 6.38. The van der Waals surface area contributed by atoms with Gasteiger partial charge in [-0.25, -0.2) is 0 Å². The van der Waals surface area contributed by atoms with Gasteiger partial charge in [0.25, 0.3) is 5.91 Å². The summed E-state index contributed by atoms with van der Waals surface area (Å²) in [4.78, 5) is 26.6. The molecule has 0 spiro atoms. The standard InChI is InChI=1S/C19H13Cl3N4O2S/c20-11-4-6-12(7-5-11)26-9-10(8-15(26)27)18-24-25-19(29-18)23-17(28)16-13(21)2-1-3-14(16)22/h1-7,10H,8-9H2,(H,23,25,28). The first kappa shape index (κ1) is 20.1. The number of hydrogen-bond acceptors (Lipinski definition) is 5. The van der Waals surface area contributed by atoms with Gasteiger partial charge in [0, 0.05) is 29.6 Å². The van der Waals surface area contributed by atoms with Crippen LogP contribution < -0.4 is 10.2 Å². The number of halogens is 3. The molecule has 1 fully saturated rings. The van der Waals surface area contributed by atoms with Crippen molar-refractivity contribution in [2.75, 3.05) is 16.8 Å². The second kappa shape index (κ2) is 8.28. The fourth-order valence-electron chi connectivity index (χ4n) is 3.07. The molecule has 29 heavy (non-hydrogen) atoms. The summed E-state index contributed by atoms with van der Waals surface area (Å²) in [5.74, 6) is -0.570. The molecule has 1 aromatic heterocycles. The molecule has 0 radical (unpaired) electrons. The number of amides is 2. The van der Waals surface area contributed by atoms with Crippen molar-refractivity contribution in [3.8, 4) is 0 Å². The van der Waals surface area contributed by atoms with Crippen molar-refractivity contribution in [1.29, 1.82) is 0 Å². The van der Waals surface area contributed by atoms with Gasteiger partial charge in [0.15, 0.2) is 0 Å². The van der Waals surface area contributed by atoms with Gasteiger partial charge < -0.3 is 4.90 Å². The number of anilines is 2. The minimum absolute atomic E-state index is 0.000886. The molecule has 1 aliphatic rings. The van der Waals surface area contributed by atoms with Crippen LogP contribution in [0.2, 0.25) is 15.1 Å². The van der Waals surface area contributed by atoms with Crippen molar-refractivity contribution in [1.82, 2.24) is 10.2 Å². The summed E-state index contributed by atoms with van der Waals surface area (Å²) in [5.41, 5.74) is 0.964. The van der Waals surface area contributed by atoms with E-state index in [0.29, 0.717) is 28.1 Å². The normalized spacial score (nSPS) is 16.3. The highest BCUT2D eigenvalue weighted by Crippen LogP contribution is 2.35. The van der Waals surface area contributed by atoms with Gasteiger partial charge in [-0.15, -0.1) is 10.2 Å². The Kier molecular flexibility index (Phi) is 5.74. The SMILES string of the molecule is O=C(Nc1nnc(C2CC(=O)N(c3ccc(Cl)cc3)C2)s1)c1c(Cl)cccc1Cl. The zero-order valence-corrected chi connectivity index (χ0v) is 17.8. The Morgan fingerprint density at radius 1 is 1.07 bits per heavy atom. The minimum atomic E-state index is -0.464. The zero-order chi connectivity index (χ0) is 20.5. The maximum Gasteiger partial charge on any atom is 0.260 e. The Hall–Kier alpha value is -2.19. The van der Waals surface area contributed by atoms with Crippen LogP contribution in [0.1, 0.15) is 27.7 Å². The summed E-state index contributed by atoms with van der Waals surface area (Å²) in [6, 6.07) is 11.9. The molecule has 0 bridgehead atoms. The van der Waals surface area contributed by atoms with E-state index < -0.39 is 5.91 Å². The maximum absolute atomic E-state index is 12.5. The first-order chi connectivity index (χ1) is 13.9. The third-order valence-electron chi connectivity index (χ3n) is 4.46. The molecule has 10 heteroatoms. The highest BCUT2D eigenvalue weighted by molar-refractivity contribution is 7.15. The maximum atomic E-state index is 12.5. The second-order valence-corrected chi connectivity index (χ2v) is 8.64. The van der Waals surface area contributed by atoms with Crippen molar-refractivity contribution >= 4 is 68.8 Å². The Morgan fingerprint density at radius 3 is 2.45 bits per heavy atom. The molecule has 148 valence electrons. The first-order valence-electron chi connectivity index (χ1n) is 8.57. The molecule has 2 heterocycles. The summed E-state index contributed by atoms with van der Waals surface area (Å²) >= 11 is 19.3. The minimum Gasteiger partial charge on any atom is -0.312 e. The summed E-state index contributed by atoms with van der Waals surface area (Å²) in [6.07, 6.45) is 0.321. The number of rotatable bonds is 4. The fraction of sp³-hybridized carbons (Fsp3) is 0.158. The molecular formula is C19H13Cl3N4O2S. The Bertz CT molecular complexity index is 1070. The number of nitrogens with one attached hydrogen (secondary N) is 1. The van der Waals surface area contributed by atoms with E-state index >= 15 is 0 Å². The van der Waals surface area contributed by atoms with Crippen molar-refractivity contribution in [2.45, 2.75) is 12.3 Å². The van der Waals surface area contributed by atoms with Crippen LogP contribution in [0.5, 0.6) is 0 Å². The average Bonchev–Trinajstić information content (AvgIpc) is 3.29. The third-order valence-corrected chi connectivity index (χ3v) is 6.35. The van der Waals surface area contributed by atoms with E-state index in [4.69, 9.17) is 34.8 Å². The lowest BCUT2D eigenvalue weighted by Gasteiger charge is -2.16. The van der Waals surface area contributed by atoms with Crippen molar-refractivity contribution < 1.29 is 9.59 Å². The number of hydrogen-bond donors (Lipinski definition) is 1. The lowest BCUT2D eigenvalue weighted by molar-refractivity contribution is -0.117. The van der Waals surface area contributed by atoms with Gasteiger partial charge in [-0.1, -0.05) is 52.2 Å². The number of benzene rings is 2. The summed E-state index contributed by atoms with van der Waals surface area (Å²) in [7, 11) is 0. The van der Waals surface area contributed by atoms with E-state index in [0.717, 1.165) is 5.69 Å². The zero-order valence-electron chi connectivity index (χ0n) is 14.7. The third kappa shape index (κ3) is 4.23. The largest absolute Gasteiger partial charge is 0.312 e. The smallest absolute Gasteiger partial charge is 0.260 e. The van der Waals surface area contributed by atoms with Gasteiger partial charge in [-0.05, 0) is 36.4 Å². The molecule has 0 saturated carbocycles. The fourth-order valence-corrected chi connectivity index (χ4v) is 4.59. The summed E-state index contributed by atoms with van der Waals surface area (Å²) in [5, 5.41) is 13.0. The predicted molar refractivity (Wildman–Crippen MR) is 115 cm³/mol. The van der Waals surface area contributed by atoms with Crippen LogP contribution in [-0.2, 0) is 4.79 Å². The van der Waals surface area contributed by atoms with Crippen LogP contribution in [0.25, 0.3) is 0 Å². The molecule has 4 rings (SSSR count). The molecule has 2 aromatic carbocycles.